The van der Waals surface area contributed by atoms with Crippen molar-refractivity contribution in [1.29, 1.82) is 0 Å². The summed E-state index contributed by atoms with van der Waals surface area (Å²) in [6.45, 7) is 0. The molecule has 0 radical (unpaired) electrons. The molecular formula is C14H8ClF. The largest absolute Gasteiger partial charge is 0.207 e. The molecule has 0 aliphatic heterocycles. The summed E-state index contributed by atoms with van der Waals surface area (Å²) >= 11 is 6.03. The Hall–Kier alpha value is -1.78. The molecule has 0 aliphatic rings. The van der Waals surface area contributed by atoms with Gasteiger partial charge in [0.2, 0.25) is 0 Å². The molecule has 0 N–H and O–H groups in total. The van der Waals surface area contributed by atoms with Crippen LogP contribution in [-0.2, 0) is 0 Å². The Bertz CT molecular complexity index is 567. The Morgan fingerprint density at radius 2 is 1.88 bits per heavy atom. The van der Waals surface area contributed by atoms with Crippen molar-refractivity contribution >= 4 is 11.6 Å². The van der Waals surface area contributed by atoms with Crippen molar-refractivity contribution in [3.8, 4) is 23.5 Å². The molecule has 16 heavy (non-hydrogen) atoms. The van der Waals surface area contributed by atoms with E-state index in [4.69, 9.17) is 18.0 Å². The maximum Gasteiger partial charge on any atom is 0.125 e. The molecule has 0 aromatic heterocycles. The molecule has 0 atom stereocenters. The highest BCUT2D eigenvalue weighted by atomic mass is 35.5. The first-order valence-electron chi connectivity index (χ1n) is 4.73. The summed E-state index contributed by atoms with van der Waals surface area (Å²) in [6.07, 6.45) is 5.25. The van der Waals surface area contributed by atoms with Gasteiger partial charge in [-0.3, -0.25) is 0 Å². The predicted octanol–water partition coefficient (Wildman–Crippen LogP) is 4.13. The van der Waals surface area contributed by atoms with Gasteiger partial charge >= 0.3 is 0 Å². The van der Waals surface area contributed by atoms with Crippen molar-refractivity contribution < 1.29 is 4.39 Å². The number of halogens is 2. The van der Waals surface area contributed by atoms with Crippen molar-refractivity contribution in [3.05, 3.63) is 58.9 Å². The molecule has 2 aromatic carbocycles. The molecule has 2 aromatic rings. The van der Waals surface area contributed by atoms with Crippen LogP contribution < -0.4 is 0 Å². The first-order valence-corrected chi connectivity index (χ1v) is 5.10. The average Bonchev–Trinajstić information content (AvgIpc) is 2.28. The van der Waals surface area contributed by atoms with Crippen LogP contribution in [0.3, 0.4) is 0 Å². The molecule has 0 fully saturated rings. The van der Waals surface area contributed by atoms with E-state index in [1.807, 2.05) is 18.2 Å². The van der Waals surface area contributed by atoms with Crippen LogP contribution in [-0.4, -0.2) is 0 Å². The third-order valence-corrected chi connectivity index (χ3v) is 2.58. The summed E-state index contributed by atoms with van der Waals surface area (Å²) in [5, 5.41) is 0.580. The lowest BCUT2D eigenvalue weighted by molar-refractivity contribution is 0.628. The van der Waals surface area contributed by atoms with Gasteiger partial charge in [-0.25, -0.2) is 4.39 Å². The van der Waals surface area contributed by atoms with E-state index < -0.39 is 0 Å². The van der Waals surface area contributed by atoms with Crippen LogP contribution in [0.15, 0.2) is 42.5 Å². The molecule has 0 bridgehead atoms. The summed E-state index contributed by atoms with van der Waals surface area (Å²) in [7, 11) is 0. The fourth-order valence-electron chi connectivity index (χ4n) is 1.52. The van der Waals surface area contributed by atoms with E-state index in [2.05, 4.69) is 5.92 Å². The van der Waals surface area contributed by atoms with Crippen molar-refractivity contribution in [1.82, 2.24) is 0 Å². The Balaban J connectivity index is 2.61. The van der Waals surface area contributed by atoms with Crippen molar-refractivity contribution in [2.75, 3.05) is 0 Å². The van der Waals surface area contributed by atoms with Crippen LogP contribution in [0.2, 0.25) is 5.02 Å². The van der Waals surface area contributed by atoms with Gasteiger partial charge in [-0.05, 0) is 29.8 Å². The zero-order chi connectivity index (χ0) is 11.5. The van der Waals surface area contributed by atoms with Crippen LogP contribution in [0, 0.1) is 18.2 Å². The summed E-state index contributed by atoms with van der Waals surface area (Å²) in [4.78, 5) is 0. The van der Waals surface area contributed by atoms with E-state index in [-0.39, 0.29) is 5.82 Å². The molecule has 0 amide bonds. The standard InChI is InChI=1S/C14H8ClF/c1-2-10-7-11(9-12(16)8-10)13-5-3-4-6-14(13)15/h1,3-9H. The average molecular weight is 231 g/mol. The predicted molar refractivity (Wildman–Crippen MR) is 64.8 cm³/mol. The highest BCUT2D eigenvalue weighted by Crippen LogP contribution is 2.28. The molecular weight excluding hydrogens is 223 g/mol. The maximum atomic E-state index is 13.3. The number of terminal acetylenes is 1. The molecule has 0 unspecified atom stereocenters. The summed E-state index contributed by atoms with van der Waals surface area (Å²) in [5.74, 6) is 2.06. The number of hydrogen-bond acceptors (Lipinski definition) is 0. The lowest BCUT2D eigenvalue weighted by Gasteiger charge is -2.05. The Kier molecular flexibility index (Phi) is 2.94. The normalized spacial score (nSPS) is 9.81. The molecule has 2 rings (SSSR count). The Morgan fingerprint density at radius 1 is 1.12 bits per heavy atom. The number of rotatable bonds is 1. The fourth-order valence-corrected chi connectivity index (χ4v) is 1.77. The smallest absolute Gasteiger partial charge is 0.125 e. The topological polar surface area (TPSA) is 0 Å². The first-order chi connectivity index (χ1) is 7.70. The second-order valence-corrected chi connectivity index (χ2v) is 3.76. The summed E-state index contributed by atoms with van der Waals surface area (Å²) < 4.78 is 13.3. The summed E-state index contributed by atoms with van der Waals surface area (Å²) in [6, 6.07) is 11.7. The minimum atomic E-state index is -0.356. The van der Waals surface area contributed by atoms with Crippen molar-refractivity contribution in [3.63, 3.8) is 0 Å². The Morgan fingerprint density at radius 3 is 2.56 bits per heavy atom. The molecule has 0 aliphatic carbocycles. The van der Waals surface area contributed by atoms with Gasteiger partial charge in [0.15, 0.2) is 0 Å². The first kappa shape index (κ1) is 10.7. The number of hydrogen-bond donors (Lipinski definition) is 0. The third-order valence-electron chi connectivity index (χ3n) is 2.25. The highest BCUT2D eigenvalue weighted by Gasteiger charge is 2.05. The van der Waals surface area contributed by atoms with Crippen LogP contribution in [0.1, 0.15) is 5.56 Å². The minimum Gasteiger partial charge on any atom is -0.207 e. The maximum absolute atomic E-state index is 13.3. The van der Waals surface area contributed by atoms with Crippen LogP contribution in [0.5, 0.6) is 0 Å². The van der Waals surface area contributed by atoms with E-state index in [0.29, 0.717) is 16.1 Å². The van der Waals surface area contributed by atoms with Crippen LogP contribution in [0.4, 0.5) is 4.39 Å². The SMILES string of the molecule is C#Cc1cc(F)cc(-c2ccccc2Cl)c1. The molecule has 0 heterocycles. The van der Waals surface area contributed by atoms with Gasteiger partial charge < -0.3 is 0 Å². The highest BCUT2D eigenvalue weighted by molar-refractivity contribution is 6.33. The van der Waals surface area contributed by atoms with Crippen LogP contribution in [0.25, 0.3) is 11.1 Å². The molecule has 0 nitrogen and oxygen atoms in total. The van der Waals surface area contributed by atoms with Gasteiger partial charge in [0.25, 0.3) is 0 Å². The van der Waals surface area contributed by atoms with Gasteiger partial charge in [-0.1, -0.05) is 35.7 Å². The third kappa shape index (κ3) is 2.08. The lowest BCUT2D eigenvalue weighted by Crippen LogP contribution is -1.84. The van der Waals surface area contributed by atoms with E-state index in [1.165, 1.54) is 12.1 Å². The van der Waals surface area contributed by atoms with E-state index in [0.717, 1.165) is 5.56 Å². The van der Waals surface area contributed by atoms with E-state index in [1.54, 1.807) is 12.1 Å². The lowest BCUT2D eigenvalue weighted by atomic mass is 10.0. The Labute approximate surface area is 98.7 Å². The van der Waals surface area contributed by atoms with Crippen molar-refractivity contribution in [2.45, 2.75) is 0 Å². The quantitative estimate of drug-likeness (QED) is 0.647. The monoisotopic (exact) mass is 230 g/mol. The van der Waals surface area contributed by atoms with E-state index >= 15 is 0 Å². The van der Waals surface area contributed by atoms with Crippen molar-refractivity contribution in [2.24, 2.45) is 0 Å². The molecule has 2 heteroatoms. The minimum absolute atomic E-state index is 0.356. The van der Waals surface area contributed by atoms with Gasteiger partial charge in [-0.15, -0.1) is 6.42 Å². The van der Waals surface area contributed by atoms with Gasteiger partial charge in [0, 0.05) is 16.1 Å². The molecule has 0 saturated carbocycles. The van der Waals surface area contributed by atoms with Gasteiger partial charge in [0.05, 0.1) is 0 Å². The zero-order valence-electron chi connectivity index (χ0n) is 8.37. The van der Waals surface area contributed by atoms with Crippen LogP contribution >= 0.6 is 11.6 Å². The summed E-state index contributed by atoms with van der Waals surface area (Å²) in [5.41, 5.74) is 1.98. The zero-order valence-corrected chi connectivity index (χ0v) is 9.13. The van der Waals surface area contributed by atoms with Gasteiger partial charge in [-0.2, -0.15) is 0 Å². The number of benzene rings is 2. The van der Waals surface area contributed by atoms with Gasteiger partial charge in [0.1, 0.15) is 5.82 Å². The molecule has 0 saturated heterocycles. The fraction of sp³-hybridized carbons (Fsp3) is 0. The molecule has 0 spiro atoms. The van der Waals surface area contributed by atoms with E-state index in [9.17, 15) is 4.39 Å². The second kappa shape index (κ2) is 4.38. The second-order valence-electron chi connectivity index (χ2n) is 3.35. The molecule has 78 valence electrons.